The van der Waals surface area contributed by atoms with E-state index in [4.69, 9.17) is 5.73 Å². The van der Waals surface area contributed by atoms with Crippen LogP contribution < -0.4 is 5.73 Å². The fourth-order valence-corrected chi connectivity index (χ4v) is 4.40. The summed E-state index contributed by atoms with van der Waals surface area (Å²) in [5.74, 6) is -0.964. The third kappa shape index (κ3) is 4.43. The number of nitrogens with two attached hydrogens (primary N) is 1. The number of hydrogen-bond acceptors (Lipinski definition) is 5. The van der Waals surface area contributed by atoms with Gasteiger partial charge in [0.25, 0.3) is 5.91 Å². The SMILES string of the molecule is NC(=O)c1ccc2ncc(-c3nn(CC(F)(F)F)c4cc(C(=O)N5CCCCCC5)ncc34)n2c1. The van der Waals surface area contributed by atoms with Crippen molar-refractivity contribution < 1.29 is 22.8 Å². The maximum atomic E-state index is 13.4. The zero-order chi connectivity index (χ0) is 24.7. The number of carbonyl (C=O) groups excluding carboxylic acids is 2. The first-order valence-electron chi connectivity index (χ1n) is 11.2. The Morgan fingerprint density at radius 3 is 2.46 bits per heavy atom. The van der Waals surface area contributed by atoms with Crippen molar-refractivity contribution in [3.05, 3.63) is 48.0 Å². The maximum Gasteiger partial charge on any atom is 0.408 e. The van der Waals surface area contributed by atoms with E-state index in [9.17, 15) is 22.8 Å². The van der Waals surface area contributed by atoms with E-state index >= 15 is 0 Å². The van der Waals surface area contributed by atoms with E-state index in [-0.39, 0.29) is 28.4 Å². The minimum absolute atomic E-state index is 0.0726. The highest BCUT2D eigenvalue weighted by atomic mass is 19.4. The molecule has 1 aliphatic rings. The summed E-state index contributed by atoms with van der Waals surface area (Å²) < 4.78 is 42.5. The maximum absolute atomic E-state index is 13.4. The summed E-state index contributed by atoms with van der Waals surface area (Å²) >= 11 is 0. The number of halogens is 3. The Morgan fingerprint density at radius 1 is 1.03 bits per heavy atom. The van der Waals surface area contributed by atoms with Crippen molar-refractivity contribution in [2.24, 2.45) is 5.73 Å². The minimum atomic E-state index is -4.53. The second-order valence-electron chi connectivity index (χ2n) is 8.57. The molecule has 5 heterocycles. The number of hydrogen-bond donors (Lipinski definition) is 1. The number of pyridine rings is 2. The number of likely N-dealkylation sites (tertiary alicyclic amines) is 1. The largest absolute Gasteiger partial charge is 0.408 e. The van der Waals surface area contributed by atoms with Crippen molar-refractivity contribution >= 4 is 28.4 Å². The molecule has 35 heavy (non-hydrogen) atoms. The van der Waals surface area contributed by atoms with Gasteiger partial charge in [-0.3, -0.25) is 23.7 Å². The molecular formula is C23H22F3N7O2. The van der Waals surface area contributed by atoms with Gasteiger partial charge < -0.3 is 10.6 Å². The van der Waals surface area contributed by atoms with Crippen molar-refractivity contribution in [3.63, 3.8) is 0 Å². The van der Waals surface area contributed by atoms with E-state index < -0.39 is 18.6 Å². The Bertz CT molecular complexity index is 1430. The Morgan fingerprint density at radius 2 is 1.77 bits per heavy atom. The number of carbonyl (C=O) groups is 2. The van der Waals surface area contributed by atoms with E-state index in [1.54, 1.807) is 11.0 Å². The van der Waals surface area contributed by atoms with Crippen molar-refractivity contribution in [3.8, 4) is 11.4 Å². The predicted molar refractivity (Wildman–Crippen MR) is 121 cm³/mol. The van der Waals surface area contributed by atoms with Gasteiger partial charge in [-0.2, -0.15) is 18.3 Å². The molecule has 0 aromatic carbocycles. The number of aromatic nitrogens is 5. The van der Waals surface area contributed by atoms with Crippen LogP contribution in [0.5, 0.6) is 0 Å². The Kier molecular flexibility index (Phi) is 5.65. The molecule has 0 spiro atoms. The number of fused-ring (bicyclic) bond motifs is 2. The molecule has 0 atom stereocenters. The smallest absolute Gasteiger partial charge is 0.366 e. The van der Waals surface area contributed by atoms with Gasteiger partial charge in [-0.25, -0.2) is 4.98 Å². The Labute approximate surface area is 197 Å². The lowest BCUT2D eigenvalue weighted by Crippen LogP contribution is -2.32. The number of imidazole rings is 1. The van der Waals surface area contributed by atoms with E-state index in [1.807, 2.05) is 0 Å². The molecule has 182 valence electrons. The minimum Gasteiger partial charge on any atom is -0.366 e. The Balaban J connectivity index is 1.64. The monoisotopic (exact) mass is 485 g/mol. The molecule has 0 unspecified atom stereocenters. The number of primary amides is 1. The highest BCUT2D eigenvalue weighted by Crippen LogP contribution is 2.31. The first-order chi connectivity index (χ1) is 16.7. The number of nitrogens with zero attached hydrogens (tertiary/aromatic N) is 6. The van der Waals surface area contributed by atoms with E-state index in [2.05, 4.69) is 15.1 Å². The molecule has 2 N–H and O–H groups in total. The van der Waals surface area contributed by atoms with E-state index in [0.717, 1.165) is 30.4 Å². The van der Waals surface area contributed by atoms with Crippen LogP contribution in [0.3, 0.4) is 0 Å². The zero-order valence-electron chi connectivity index (χ0n) is 18.6. The summed E-state index contributed by atoms with van der Waals surface area (Å²) in [6, 6.07) is 4.45. The summed E-state index contributed by atoms with van der Waals surface area (Å²) in [6.07, 6.45) is 3.58. The van der Waals surface area contributed by atoms with Crippen molar-refractivity contribution in [1.29, 1.82) is 0 Å². The van der Waals surface area contributed by atoms with Crippen LogP contribution in [0.15, 0.2) is 36.8 Å². The van der Waals surface area contributed by atoms with Gasteiger partial charge in [0.2, 0.25) is 5.91 Å². The normalized spacial score (nSPS) is 15.0. The standard InChI is InChI=1S/C23H22F3N7O2/c24-23(25,26)13-33-17-9-16(22(35)31-7-3-1-2-4-8-31)28-10-15(17)20(30-33)18-11-29-19-6-5-14(21(27)34)12-32(18)19/h5-6,9-12H,1-4,7-8,13H2,(H2,27,34). The fourth-order valence-electron chi connectivity index (χ4n) is 4.40. The zero-order valence-corrected chi connectivity index (χ0v) is 18.6. The molecule has 4 aromatic heterocycles. The fraction of sp³-hybridized carbons (Fsp3) is 0.348. The number of rotatable bonds is 4. The molecule has 1 saturated heterocycles. The molecule has 12 heteroatoms. The lowest BCUT2D eigenvalue weighted by molar-refractivity contribution is -0.141. The molecule has 5 rings (SSSR count). The molecule has 0 aliphatic carbocycles. The first-order valence-corrected chi connectivity index (χ1v) is 11.2. The van der Waals surface area contributed by atoms with Crippen LogP contribution in [0.4, 0.5) is 13.2 Å². The summed E-state index contributed by atoms with van der Waals surface area (Å²) in [6.45, 7) is -0.153. The summed E-state index contributed by atoms with van der Waals surface area (Å²) in [5.41, 5.74) is 6.81. The van der Waals surface area contributed by atoms with Crippen molar-refractivity contribution in [1.82, 2.24) is 29.0 Å². The molecule has 0 radical (unpaired) electrons. The molecule has 0 bridgehead atoms. The molecule has 0 saturated carbocycles. The lowest BCUT2D eigenvalue weighted by Gasteiger charge is -2.19. The van der Waals surface area contributed by atoms with Crippen molar-refractivity contribution in [2.75, 3.05) is 13.1 Å². The van der Waals surface area contributed by atoms with Gasteiger partial charge in [-0.15, -0.1) is 0 Å². The van der Waals surface area contributed by atoms with Gasteiger partial charge >= 0.3 is 6.18 Å². The number of alkyl halides is 3. The van der Waals surface area contributed by atoms with Crippen LogP contribution in [-0.4, -0.2) is 60.1 Å². The first kappa shape index (κ1) is 22.8. The van der Waals surface area contributed by atoms with Crippen molar-refractivity contribution in [2.45, 2.75) is 38.4 Å². The quantitative estimate of drug-likeness (QED) is 0.476. The third-order valence-electron chi connectivity index (χ3n) is 6.11. The molecule has 2 amide bonds. The topological polar surface area (TPSA) is 111 Å². The Hall–Kier alpha value is -3.96. The van der Waals surface area contributed by atoms with Crippen LogP contribution in [0, 0.1) is 0 Å². The molecular weight excluding hydrogens is 463 g/mol. The summed E-state index contributed by atoms with van der Waals surface area (Å²) in [7, 11) is 0. The van der Waals surface area contributed by atoms with Gasteiger partial charge in [0, 0.05) is 30.9 Å². The second kappa shape index (κ2) is 8.67. The van der Waals surface area contributed by atoms with Gasteiger partial charge in [-0.05, 0) is 31.0 Å². The van der Waals surface area contributed by atoms with Crippen LogP contribution in [0.1, 0.15) is 46.5 Å². The predicted octanol–water partition coefficient (Wildman–Crippen LogP) is 3.42. The highest BCUT2D eigenvalue weighted by Gasteiger charge is 2.31. The number of amides is 2. The van der Waals surface area contributed by atoms with Gasteiger partial charge in [0.05, 0.1) is 23.0 Å². The van der Waals surface area contributed by atoms with E-state index in [1.165, 1.54) is 35.1 Å². The molecule has 9 nitrogen and oxygen atoms in total. The van der Waals surface area contributed by atoms with Crippen LogP contribution in [0.2, 0.25) is 0 Å². The average Bonchev–Trinajstić information content (AvgIpc) is 3.26. The summed E-state index contributed by atoms with van der Waals surface area (Å²) in [5, 5.41) is 4.55. The van der Waals surface area contributed by atoms with Gasteiger partial charge in [-0.1, -0.05) is 12.8 Å². The summed E-state index contributed by atoms with van der Waals surface area (Å²) in [4.78, 5) is 34.9. The second-order valence-corrected chi connectivity index (χ2v) is 8.57. The molecule has 1 fully saturated rings. The third-order valence-corrected chi connectivity index (χ3v) is 6.11. The lowest BCUT2D eigenvalue weighted by atomic mass is 10.2. The van der Waals surface area contributed by atoms with Crippen LogP contribution in [-0.2, 0) is 6.54 Å². The molecule has 1 aliphatic heterocycles. The van der Waals surface area contributed by atoms with Crippen LogP contribution >= 0.6 is 0 Å². The van der Waals surface area contributed by atoms with E-state index in [0.29, 0.717) is 29.8 Å². The highest BCUT2D eigenvalue weighted by molar-refractivity contribution is 5.99. The van der Waals surface area contributed by atoms with Gasteiger partial charge in [0.15, 0.2) is 0 Å². The van der Waals surface area contributed by atoms with Gasteiger partial charge in [0.1, 0.15) is 23.6 Å². The van der Waals surface area contributed by atoms with Crippen LogP contribution in [0.25, 0.3) is 27.9 Å². The molecule has 4 aromatic rings. The average molecular weight is 485 g/mol.